The highest BCUT2D eigenvalue weighted by Gasteiger charge is 2.34. The van der Waals surface area contributed by atoms with Crippen molar-refractivity contribution in [3.8, 4) is 0 Å². The summed E-state index contributed by atoms with van der Waals surface area (Å²) in [6.07, 6.45) is 0.968. The number of benzene rings is 1. The Balaban J connectivity index is 2.32. The van der Waals surface area contributed by atoms with E-state index in [-0.39, 0.29) is 17.6 Å². The highest BCUT2D eigenvalue weighted by atomic mass is 79.9. The summed E-state index contributed by atoms with van der Waals surface area (Å²) in [7, 11) is 0. The second-order valence-electron chi connectivity index (χ2n) is 5.30. The fraction of sp³-hybridized carbons (Fsp3) is 0.500. The quantitative estimate of drug-likeness (QED) is 0.482. The molecule has 1 aromatic carbocycles. The van der Waals surface area contributed by atoms with Crippen molar-refractivity contribution >= 4 is 27.5 Å². The van der Waals surface area contributed by atoms with E-state index in [2.05, 4.69) is 22.9 Å². The van der Waals surface area contributed by atoms with Crippen LogP contribution in [0.5, 0.6) is 0 Å². The van der Waals surface area contributed by atoms with Crippen LogP contribution < -0.4 is 0 Å². The van der Waals surface area contributed by atoms with Crippen molar-refractivity contribution in [1.82, 2.24) is 4.90 Å². The Morgan fingerprint density at radius 1 is 1.50 bits per heavy atom. The van der Waals surface area contributed by atoms with Gasteiger partial charge in [0.05, 0.1) is 4.92 Å². The molecule has 0 bridgehead atoms. The van der Waals surface area contributed by atoms with Gasteiger partial charge in [0.2, 0.25) is 0 Å². The monoisotopic (exact) mass is 340 g/mol. The molecule has 0 aromatic heterocycles. The molecule has 108 valence electrons. The molecule has 5 nitrogen and oxygen atoms in total. The number of likely N-dealkylation sites (tertiary alicyclic amines) is 1. The number of amides is 1. The number of aryl methyl sites for hydroxylation is 1. The third kappa shape index (κ3) is 2.85. The molecule has 20 heavy (non-hydrogen) atoms. The molecule has 1 aliphatic heterocycles. The summed E-state index contributed by atoms with van der Waals surface area (Å²) in [6, 6.07) is 4.71. The van der Waals surface area contributed by atoms with Crippen LogP contribution in [0.2, 0.25) is 0 Å². The molecule has 0 saturated carbocycles. The smallest absolute Gasteiger partial charge is 0.270 e. The van der Waals surface area contributed by atoms with E-state index < -0.39 is 4.92 Å². The lowest BCUT2D eigenvalue weighted by Crippen LogP contribution is -2.38. The summed E-state index contributed by atoms with van der Waals surface area (Å²) in [5.74, 6) is 0.323. The zero-order valence-corrected chi connectivity index (χ0v) is 13.1. The Morgan fingerprint density at radius 2 is 2.20 bits per heavy atom. The van der Waals surface area contributed by atoms with Crippen LogP contribution in [0.25, 0.3) is 0 Å². The molecule has 6 heteroatoms. The summed E-state index contributed by atoms with van der Waals surface area (Å²) in [5.41, 5.74) is 1.10. The van der Waals surface area contributed by atoms with Crippen LogP contribution >= 0.6 is 15.9 Å². The standard InChI is InChI=1S/C14H17BrN2O3/c1-9-5-11(7-12(6-9)17(19)20)14(18)16-4-3-10(2)13(16)8-15/h5-7,10,13H,3-4,8H2,1-2H3. The number of non-ortho nitro benzene ring substituents is 1. The van der Waals surface area contributed by atoms with E-state index >= 15 is 0 Å². The first-order chi connectivity index (χ1) is 9.43. The average Bonchev–Trinajstić information content (AvgIpc) is 2.78. The van der Waals surface area contributed by atoms with E-state index in [1.54, 1.807) is 13.0 Å². The topological polar surface area (TPSA) is 63.5 Å². The Bertz CT molecular complexity index is 547. The van der Waals surface area contributed by atoms with E-state index in [4.69, 9.17) is 0 Å². The molecule has 0 N–H and O–H groups in total. The number of nitro benzene ring substituents is 1. The van der Waals surface area contributed by atoms with E-state index in [0.717, 1.165) is 17.3 Å². The number of alkyl halides is 1. The number of nitro groups is 1. The third-order valence-electron chi connectivity index (χ3n) is 3.82. The van der Waals surface area contributed by atoms with Crippen molar-refractivity contribution in [2.24, 2.45) is 5.92 Å². The Hall–Kier alpha value is -1.43. The van der Waals surface area contributed by atoms with Gasteiger partial charge in [-0.2, -0.15) is 0 Å². The van der Waals surface area contributed by atoms with Crippen LogP contribution in [0.15, 0.2) is 18.2 Å². The molecule has 1 aliphatic rings. The van der Waals surface area contributed by atoms with E-state index in [0.29, 0.717) is 18.0 Å². The zero-order chi connectivity index (χ0) is 14.9. The van der Waals surface area contributed by atoms with Gasteiger partial charge in [0, 0.05) is 35.6 Å². The molecule has 0 spiro atoms. The molecule has 1 fully saturated rings. The van der Waals surface area contributed by atoms with Gasteiger partial charge in [-0.05, 0) is 30.9 Å². The fourth-order valence-corrected chi connectivity index (χ4v) is 3.64. The van der Waals surface area contributed by atoms with Gasteiger partial charge in [0.25, 0.3) is 11.6 Å². The minimum atomic E-state index is -0.460. The number of rotatable bonds is 3. The number of hydrogen-bond acceptors (Lipinski definition) is 3. The normalized spacial score (nSPS) is 22.1. The van der Waals surface area contributed by atoms with Crippen LogP contribution in [-0.4, -0.2) is 33.6 Å². The minimum absolute atomic E-state index is 0.0315. The first-order valence-electron chi connectivity index (χ1n) is 6.57. The second-order valence-corrected chi connectivity index (χ2v) is 5.95. The van der Waals surface area contributed by atoms with Gasteiger partial charge in [0.1, 0.15) is 0 Å². The lowest BCUT2D eigenvalue weighted by atomic mass is 10.0. The first kappa shape index (κ1) is 15.0. The predicted molar refractivity (Wildman–Crippen MR) is 80.2 cm³/mol. The maximum atomic E-state index is 12.6. The molecular formula is C14H17BrN2O3. The van der Waals surface area contributed by atoms with Crippen LogP contribution in [0.3, 0.4) is 0 Å². The second kappa shape index (κ2) is 5.91. The molecule has 0 radical (unpaired) electrons. The highest BCUT2D eigenvalue weighted by Crippen LogP contribution is 2.28. The Morgan fingerprint density at radius 3 is 2.80 bits per heavy atom. The van der Waals surface area contributed by atoms with Crippen molar-refractivity contribution in [3.05, 3.63) is 39.4 Å². The number of nitrogens with zero attached hydrogens (tertiary/aromatic N) is 2. The maximum absolute atomic E-state index is 12.6. The van der Waals surface area contributed by atoms with Crippen LogP contribution in [0.4, 0.5) is 5.69 Å². The molecule has 2 unspecified atom stereocenters. The van der Waals surface area contributed by atoms with Crippen molar-refractivity contribution in [2.45, 2.75) is 26.3 Å². The van der Waals surface area contributed by atoms with Gasteiger partial charge >= 0.3 is 0 Å². The van der Waals surface area contributed by atoms with Gasteiger partial charge in [-0.15, -0.1) is 0 Å². The molecule has 2 atom stereocenters. The molecule has 1 heterocycles. The summed E-state index contributed by atoms with van der Waals surface area (Å²) >= 11 is 3.45. The third-order valence-corrected chi connectivity index (χ3v) is 4.48. The fourth-order valence-electron chi connectivity index (χ4n) is 2.65. The summed E-state index contributed by atoms with van der Waals surface area (Å²) < 4.78 is 0. The number of carbonyl (C=O) groups excluding carboxylic acids is 1. The number of hydrogen-bond donors (Lipinski definition) is 0. The van der Waals surface area contributed by atoms with Gasteiger partial charge in [-0.3, -0.25) is 14.9 Å². The number of carbonyl (C=O) groups is 1. The van der Waals surface area contributed by atoms with Crippen molar-refractivity contribution in [2.75, 3.05) is 11.9 Å². The average molecular weight is 341 g/mol. The summed E-state index contributed by atoms with van der Waals surface area (Å²) in [6.45, 7) is 4.59. The lowest BCUT2D eigenvalue weighted by Gasteiger charge is -2.25. The molecule has 1 amide bonds. The van der Waals surface area contributed by atoms with Gasteiger partial charge in [0.15, 0.2) is 0 Å². The van der Waals surface area contributed by atoms with E-state index in [9.17, 15) is 14.9 Å². The molecule has 2 rings (SSSR count). The van der Waals surface area contributed by atoms with Gasteiger partial charge in [-0.25, -0.2) is 0 Å². The lowest BCUT2D eigenvalue weighted by molar-refractivity contribution is -0.384. The summed E-state index contributed by atoms with van der Waals surface area (Å²) in [5, 5.41) is 11.6. The van der Waals surface area contributed by atoms with Crippen LogP contribution in [0, 0.1) is 23.0 Å². The molecule has 0 aliphatic carbocycles. The number of halogens is 1. The first-order valence-corrected chi connectivity index (χ1v) is 7.69. The molecule has 1 aromatic rings. The molecular weight excluding hydrogens is 324 g/mol. The zero-order valence-electron chi connectivity index (χ0n) is 11.5. The van der Waals surface area contributed by atoms with Crippen molar-refractivity contribution in [3.63, 3.8) is 0 Å². The highest BCUT2D eigenvalue weighted by molar-refractivity contribution is 9.09. The largest absolute Gasteiger partial charge is 0.335 e. The van der Waals surface area contributed by atoms with E-state index in [1.807, 2.05) is 4.90 Å². The predicted octanol–water partition coefficient (Wildman–Crippen LogP) is 3.15. The van der Waals surface area contributed by atoms with Crippen LogP contribution in [0.1, 0.15) is 29.3 Å². The van der Waals surface area contributed by atoms with Crippen molar-refractivity contribution < 1.29 is 9.72 Å². The Labute approximate surface area is 126 Å². The van der Waals surface area contributed by atoms with Gasteiger partial charge in [-0.1, -0.05) is 22.9 Å². The molecule has 1 saturated heterocycles. The SMILES string of the molecule is Cc1cc(C(=O)N2CCC(C)C2CBr)cc([N+](=O)[O-])c1. The maximum Gasteiger partial charge on any atom is 0.270 e. The van der Waals surface area contributed by atoms with Crippen molar-refractivity contribution in [1.29, 1.82) is 0 Å². The minimum Gasteiger partial charge on any atom is -0.335 e. The van der Waals surface area contributed by atoms with Gasteiger partial charge < -0.3 is 4.90 Å². The Kier molecular flexibility index (Phi) is 4.42. The summed E-state index contributed by atoms with van der Waals surface area (Å²) in [4.78, 5) is 24.8. The van der Waals surface area contributed by atoms with E-state index in [1.165, 1.54) is 12.1 Å². The van der Waals surface area contributed by atoms with Crippen LogP contribution in [-0.2, 0) is 0 Å².